The second kappa shape index (κ2) is 10.7. The van der Waals surface area contributed by atoms with Gasteiger partial charge in [-0.15, -0.1) is 0 Å². The average molecular weight is 392 g/mol. The van der Waals surface area contributed by atoms with Crippen molar-refractivity contribution in [2.75, 3.05) is 6.54 Å². The van der Waals surface area contributed by atoms with E-state index in [4.69, 9.17) is 0 Å². The Morgan fingerprint density at radius 1 is 0.793 bits per heavy atom. The van der Waals surface area contributed by atoms with Crippen LogP contribution in [0, 0.1) is 11.8 Å². The first-order chi connectivity index (χ1) is 14.2. The van der Waals surface area contributed by atoms with E-state index in [1.807, 2.05) is 24.3 Å². The summed E-state index contributed by atoms with van der Waals surface area (Å²) in [5.41, 5.74) is 1.71. The fourth-order valence-electron chi connectivity index (χ4n) is 4.10. The third-order valence-corrected chi connectivity index (χ3v) is 5.73. The van der Waals surface area contributed by atoms with E-state index < -0.39 is 23.4 Å². The van der Waals surface area contributed by atoms with Crippen LogP contribution in [0.5, 0.6) is 0 Å². The van der Waals surface area contributed by atoms with Crippen molar-refractivity contribution in [1.82, 2.24) is 5.32 Å². The fourth-order valence-corrected chi connectivity index (χ4v) is 4.10. The number of benzene rings is 2. The van der Waals surface area contributed by atoms with Gasteiger partial charge in [0.2, 0.25) is 17.5 Å². The molecule has 1 N–H and O–H groups in total. The van der Waals surface area contributed by atoms with Gasteiger partial charge in [-0.2, -0.15) is 0 Å². The van der Waals surface area contributed by atoms with E-state index in [1.54, 1.807) is 24.3 Å². The largest absolute Gasteiger partial charge is 0.356 e. The highest BCUT2D eigenvalue weighted by Gasteiger charge is 2.38. The van der Waals surface area contributed by atoms with Crippen molar-refractivity contribution < 1.29 is 14.4 Å². The molecule has 0 heterocycles. The maximum atomic E-state index is 12.8. The molecule has 1 aliphatic rings. The van der Waals surface area contributed by atoms with E-state index in [-0.39, 0.29) is 5.91 Å². The molecule has 2 aromatic carbocycles. The summed E-state index contributed by atoms with van der Waals surface area (Å²) in [7, 11) is 0. The minimum atomic E-state index is -0.499. The van der Waals surface area contributed by atoms with Crippen LogP contribution < -0.4 is 5.32 Å². The molecule has 2 aromatic rings. The van der Waals surface area contributed by atoms with Gasteiger partial charge in [0.1, 0.15) is 0 Å². The molecule has 1 fully saturated rings. The number of unbranched alkanes of at least 4 members (excludes halogenated alkanes) is 1. The van der Waals surface area contributed by atoms with E-state index in [9.17, 15) is 14.4 Å². The van der Waals surface area contributed by atoms with E-state index in [0.29, 0.717) is 24.9 Å². The summed E-state index contributed by atoms with van der Waals surface area (Å²) in [6, 6.07) is 18.9. The van der Waals surface area contributed by atoms with Crippen LogP contribution in [0.3, 0.4) is 0 Å². The van der Waals surface area contributed by atoms with E-state index in [1.165, 1.54) is 5.56 Å². The van der Waals surface area contributed by atoms with Gasteiger partial charge in [-0.3, -0.25) is 14.4 Å². The number of hydrogen-bond acceptors (Lipinski definition) is 3. The molecule has 2 atom stereocenters. The minimum absolute atomic E-state index is 0.0800. The van der Waals surface area contributed by atoms with Crippen LogP contribution in [0.15, 0.2) is 60.7 Å². The van der Waals surface area contributed by atoms with Crippen molar-refractivity contribution in [3.05, 3.63) is 71.8 Å². The highest BCUT2D eigenvalue weighted by molar-refractivity contribution is 6.44. The molecule has 3 rings (SSSR count). The molecule has 0 aliphatic heterocycles. The van der Waals surface area contributed by atoms with E-state index in [2.05, 4.69) is 17.4 Å². The quantitative estimate of drug-likeness (QED) is 0.392. The molecule has 1 amide bonds. The summed E-state index contributed by atoms with van der Waals surface area (Å²) in [5, 5.41) is 3.00. The summed E-state index contributed by atoms with van der Waals surface area (Å²) < 4.78 is 0. The summed E-state index contributed by atoms with van der Waals surface area (Å²) in [6.07, 6.45) is 6.00. The van der Waals surface area contributed by atoms with Crippen LogP contribution in [0.4, 0.5) is 0 Å². The van der Waals surface area contributed by atoms with Crippen LogP contribution in [-0.4, -0.2) is 24.0 Å². The summed E-state index contributed by atoms with van der Waals surface area (Å²) in [4.78, 5) is 38.1. The van der Waals surface area contributed by atoms with Gasteiger partial charge in [-0.1, -0.05) is 73.5 Å². The first-order valence-corrected chi connectivity index (χ1v) is 10.6. The van der Waals surface area contributed by atoms with Gasteiger partial charge in [-0.05, 0) is 37.7 Å². The second-order valence-corrected chi connectivity index (χ2v) is 7.79. The molecule has 1 saturated carbocycles. The van der Waals surface area contributed by atoms with Gasteiger partial charge < -0.3 is 5.32 Å². The number of amides is 1. The molecule has 1 unspecified atom stereocenters. The van der Waals surface area contributed by atoms with Gasteiger partial charge in [0.05, 0.1) is 0 Å². The number of carbonyl (C=O) groups excluding carboxylic acids is 3. The van der Waals surface area contributed by atoms with Gasteiger partial charge in [-0.25, -0.2) is 0 Å². The Morgan fingerprint density at radius 3 is 2.10 bits per heavy atom. The minimum Gasteiger partial charge on any atom is -0.356 e. The van der Waals surface area contributed by atoms with Gasteiger partial charge in [0.15, 0.2) is 0 Å². The predicted octanol–water partition coefficient (Wildman–Crippen LogP) is 4.38. The molecular weight excluding hydrogens is 362 g/mol. The van der Waals surface area contributed by atoms with Crippen LogP contribution in [0.25, 0.3) is 0 Å². The zero-order valence-electron chi connectivity index (χ0n) is 16.8. The molecule has 0 radical (unpaired) electrons. The Labute approximate surface area is 172 Å². The number of nitrogens with one attached hydrogen (secondary N) is 1. The predicted molar refractivity (Wildman–Crippen MR) is 114 cm³/mol. The first-order valence-electron chi connectivity index (χ1n) is 10.6. The highest BCUT2D eigenvalue weighted by Crippen LogP contribution is 2.32. The molecule has 152 valence electrons. The zero-order chi connectivity index (χ0) is 20.5. The topological polar surface area (TPSA) is 63.2 Å². The van der Waals surface area contributed by atoms with Gasteiger partial charge >= 0.3 is 0 Å². The van der Waals surface area contributed by atoms with Gasteiger partial charge in [0.25, 0.3) is 0 Å². The SMILES string of the molecule is O=C(C(=O)C1CCCC[C@H]1C(=O)NCCCCc1ccccc1)c1ccccc1. The normalized spacial score (nSPS) is 18.8. The van der Waals surface area contributed by atoms with Gasteiger partial charge in [0, 0.05) is 23.9 Å². The smallest absolute Gasteiger partial charge is 0.228 e. The summed E-state index contributed by atoms with van der Waals surface area (Å²) >= 11 is 0. The van der Waals surface area contributed by atoms with Crippen LogP contribution >= 0.6 is 0 Å². The third kappa shape index (κ3) is 5.86. The standard InChI is InChI=1S/C25H29NO3/c27-23(20-14-5-2-6-15-20)24(28)21-16-7-8-17-22(21)25(29)26-18-10-9-13-19-11-3-1-4-12-19/h1-6,11-12,14-15,21-22H,7-10,13,16-18H2,(H,26,29)/t21?,22-/m1/s1. The van der Waals surface area contributed by atoms with E-state index in [0.717, 1.165) is 32.1 Å². The summed E-state index contributed by atoms with van der Waals surface area (Å²) in [5.74, 6) is -1.86. The number of Topliss-reactive ketones (excluding diaryl/α,β-unsaturated/α-hetero) is 2. The van der Waals surface area contributed by atoms with Crippen molar-refractivity contribution in [2.45, 2.75) is 44.9 Å². The molecule has 4 heteroatoms. The van der Waals surface area contributed by atoms with Crippen molar-refractivity contribution in [1.29, 1.82) is 0 Å². The monoisotopic (exact) mass is 391 g/mol. The number of carbonyl (C=O) groups is 3. The summed E-state index contributed by atoms with van der Waals surface area (Å²) in [6.45, 7) is 0.607. The lowest BCUT2D eigenvalue weighted by Crippen LogP contribution is -2.42. The molecule has 0 spiro atoms. The van der Waals surface area contributed by atoms with Crippen molar-refractivity contribution in [3.8, 4) is 0 Å². The van der Waals surface area contributed by atoms with E-state index >= 15 is 0 Å². The van der Waals surface area contributed by atoms with Crippen molar-refractivity contribution >= 4 is 17.5 Å². The Bertz CT molecular complexity index is 816. The number of ketones is 2. The molecule has 4 nitrogen and oxygen atoms in total. The lowest BCUT2D eigenvalue weighted by Gasteiger charge is -2.29. The molecule has 0 bridgehead atoms. The highest BCUT2D eigenvalue weighted by atomic mass is 16.2. The molecule has 0 saturated heterocycles. The first kappa shape index (κ1) is 21.0. The Morgan fingerprint density at radius 2 is 1.41 bits per heavy atom. The van der Waals surface area contributed by atoms with Crippen LogP contribution in [0.2, 0.25) is 0 Å². The fraction of sp³-hybridized carbons (Fsp3) is 0.400. The number of hydrogen-bond donors (Lipinski definition) is 1. The maximum Gasteiger partial charge on any atom is 0.228 e. The Balaban J connectivity index is 1.50. The Hall–Kier alpha value is -2.75. The lowest BCUT2D eigenvalue weighted by molar-refractivity contribution is -0.133. The van der Waals surface area contributed by atoms with Crippen LogP contribution in [-0.2, 0) is 16.0 Å². The lowest BCUT2D eigenvalue weighted by atomic mass is 9.75. The zero-order valence-corrected chi connectivity index (χ0v) is 16.8. The maximum absolute atomic E-state index is 12.8. The average Bonchev–Trinajstić information content (AvgIpc) is 2.79. The Kier molecular flexibility index (Phi) is 7.74. The number of rotatable bonds is 9. The molecule has 29 heavy (non-hydrogen) atoms. The third-order valence-electron chi connectivity index (χ3n) is 5.73. The van der Waals surface area contributed by atoms with Crippen LogP contribution in [0.1, 0.15) is 54.4 Å². The number of aryl methyl sites for hydroxylation is 1. The van der Waals surface area contributed by atoms with Crippen molar-refractivity contribution in [3.63, 3.8) is 0 Å². The molecule has 1 aliphatic carbocycles. The second-order valence-electron chi connectivity index (χ2n) is 7.79. The molecule has 0 aromatic heterocycles. The van der Waals surface area contributed by atoms with Crippen molar-refractivity contribution in [2.24, 2.45) is 11.8 Å². The molecular formula is C25H29NO3.